The minimum atomic E-state index is -0.591. The van der Waals surface area contributed by atoms with Gasteiger partial charge >= 0.3 is 13.2 Å². The van der Waals surface area contributed by atoms with E-state index in [-0.39, 0.29) is 0 Å². The predicted molar refractivity (Wildman–Crippen MR) is 86.5 cm³/mol. The molecule has 2 heterocycles. The van der Waals surface area contributed by atoms with E-state index in [0.717, 1.165) is 5.56 Å². The number of rotatable bonds is 1. The fraction of sp³-hybridized carbons (Fsp3) is 0.688. The van der Waals surface area contributed by atoms with Gasteiger partial charge < -0.3 is 14.0 Å². The number of ether oxygens (including phenoxy) is 1. The van der Waals surface area contributed by atoms with Crippen molar-refractivity contribution in [3.63, 3.8) is 0 Å². The van der Waals surface area contributed by atoms with Crippen LogP contribution in [0.1, 0.15) is 54.0 Å². The van der Waals surface area contributed by atoms with Crippen LogP contribution >= 0.6 is 0 Å². The maximum Gasteiger partial charge on any atom is 0.513 e. The SMILES string of the molecule is Cc1cc(B2OC(C)(C)C(C)(C)O2)n(C(=O)OC(C)(C)C)c1. The molecule has 0 N–H and O–H groups in total. The van der Waals surface area contributed by atoms with Gasteiger partial charge in [0.15, 0.2) is 0 Å². The Kier molecular flexibility index (Phi) is 3.99. The van der Waals surface area contributed by atoms with Crippen LogP contribution in [-0.2, 0) is 14.0 Å². The Bertz CT molecular complexity index is 567. The van der Waals surface area contributed by atoms with E-state index < -0.39 is 30.0 Å². The Morgan fingerprint density at radius 3 is 2.14 bits per heavy atom. The van der Waals surface area contributed by atoms with Crippen molar-refractivity contribution in [1.82, 2.24) is 4.57 Å². The summed E-state index contributed by atoms with van der Waals surface area (Å²) in [6.45, 7) is 15.4. The maximum absolute atomic E-state index is 12.4. The minimum Gasteiger partial charge on any atom is -0.443 e. The van der Waals surface area contributed by atoms with Gasteiger partial charge in [0, 0.05) is 6.20 Å². The van der Waals surface area contributed by atoms with Gasteiger partial charge in [-0.1, -0.05) is 0 Å². The van der Waals surface area contributed by atoms with Gasteiger partial charge in [-0.05, 0) is 67.0 Å². The molecule has 1 aromatic heterocycles. The lowest BCUT2D eigenvalue weighted by Crippen LogP contribution is -2.42. The molecule has 6 heteroatoms. The number of carbonyl (C=O) groups excluding carboxylic acids is 1. The number of nitrogens with zero attached hydrogens (tertiary/aromatic N) is 1. The molecule has 2 rings (SSSR count). The summed E-state index contributed by atoms with van der Waals surface area (Å²) >= 11 is 0. The van der Waals surface area contributed by atoms with Crippen LogP contribution in [0.5, 0.6) is 0 Å². The van der Waals surface area contributed by atoms with Crippen LogP contribution in [0.15, 0.2) is 12.3 Å². The molecular weight excluding hydrogens is 281 g/mol. The summed E-state index contributed by atoms with van der Waals surface area (Å²) in [4.78, 5) is 12.4. The van der Waals surface area contributed by atoms with Crippen LogP contribution in [0.2, 0.25) is 0 Å². The molecular formula is C16H26BNO4. The van der Waals surface area contributed by atoms with Crippen molar-refractivity contribution in [3.8, 4) is 0 Å². The summed E-state index contributed by atoms with van der Waals surface area (Å²) in [6, 6.07) is 1.89. The topological polar surface area (TPSA) is 49.7 Å². The van der Waals surface area contributed by atoms with Crippen molar-refractivity contribution >= 4 is 18.8 Å². The van der Waals surface area contributed by atoms with Crippen LogP contribution < -0.4 is 5.59 Å². The van der Waals surface area contributed by atoms with Gasteiger partial charge in [-0.15, -0.1) is 0 Å². The van der Waals surface area contributed by atoms with Crippen molar-refractivity contribution in [2.24, 2.45) is 0 Å². The van der Waals surface area contributed by atoms with Crippen molar-refractivity contribution < 1.29 is 18.8 Å². The molecule has 122 valence electrons. The second-order valence-electron chi connectivity index (χ2n) is 7.88. The molecule has 0 spiro atoms. The molecule has 1 aliphatic heterocycles. The van der Waals surface area contributed by atoms with Crippen LogP contribution in [0.4, 0.5) is 4.79 Å². The van der Waals surface area contributed by atoms with Gasteiger partial charge in [0.1, 0.15) is 5.60 Å². The zero-order valence-electron chi connectivity index (χ0n) is 14.8. The van der Waals surface area contributed by atoms with Gasteiger partial charge in [0.2, 0.25) is 0 Å². The van der Waals surface area contributed by atoms with E-state index in [1.165, 1.54) is 4.57 Å². The summed E-state index contributed by atoms with van der Waals surface area (Å²) in [5.74, 6) is 0. The first kappa shape index (κ1) is 17.1. The van der Waals surface area contributed by atoms with Crippen molar-refractivity contribution in [2.45, 2.75) is 72.2 Å². The van der Waals surface area contributed by atoms with Gasteiger partial charge in [0.25, 0.3) is 0 Å². The van der Waals surface area contributed by atoms with E-state index in [4.69, 9.17) is 14.0 Å². The smallest absolute Gasteiger partial charge is 0.443 e. The largest absolute Gasteiger partial charge is 0.513 e. The van der Waals surface area contributed by atoms with Gasteiger partial charge in [-0.3, -0.25) is 4.57 Å². The third-order valence-corrected chi connectivity index (χ3v) is 4.07. The van der Waals surface area contributed by atoms with Crippen LogP contribution in [0, 0.1) is 6.92 Å². The molecule has 0 bridgehead atoms. The lowest BCUT2D eigenvalue weighted by molar-refractivity contribution is 0.00578. The number of hydrogen-bond acceptors (Lipinski definition) is 4. The lowest BCUT2D eigenvalue weighted by Gasteiger charge is -2.32. The Morgan fingerprint density at radius 2 is 1.68 bits per heavy atom. The van der Waals surface area contributed by atoms with Crippen molar-refractivity contribution in [2.75, 3.05) is 0 Å². The Balaban J connectivity index is 2.32. The molecule has 1 aromatic rings. The monoisotopic (exact) mass is 307 g/mol. The summed E-state index contributed by atoms with van der Waals surface area (Å²) in [7, 11) is -0.591. The third kappa shape index (κ3) is 3.23. The van der Waals surface area contributed by atoms with E-state index in [2.05, 4.69) is 0 Å². The number of carbonyl (C=O) groups is 1. The standard InChI is InChI=1S/C16H26BNO4/c1-11-9-12(17-21-15(5,6)16(7,8)22-17)18(10-11)13(19)20-14(2,3)4/h9-10H,1-8H3. The molecule has 0 radical (unpaired) electrons. The number of hydrogen-bond donors (Lipinski definition) is 0. The second-order valence-corrected chi connectivity index (χ2v) is 7.88. The fourth-order valence-corrected chi connectivity index (χ4v) is 2.23. The summed E-state index contributed by atoms with van der Waals surface area (Å²) < 4.78 is 19.0. The van der Waals surface area contributed by atoms with Crippen LogP contribution in [0.3, 0.4) is 0 Å². The molecule has 1 saturated heterocycles. The predicted octanol–water partition coefficient (Wildman–Crippen LogP) is 2.88. The van der Waals surface area contributed by atoms with Crippen LogP contribution in [0.25, 0.3) is 0 Å². The molecule has 1 fully saturated rings. The highest BCUT2D eigenvalue weighted by Gasteiger charge is 2.53. The molecule has 0 saturated carbocycles. The van der Waals surface area contributed by atoms with Gasteiger partial charge in [-0.25, -0.2) is 4.79 Å². The molecule has 1 aliphatic rings. The quantitative estimate of drug-likeness (QED) is 0.749. The van der Waals surface area contributed by atoms with Crippen LogP contribution in [-0.4, -0.2) is 34.6 Å². The van der Waals surface area contributed by atoms with Crippen molar-refractivity contribution in [3.05, 3.63) is 17.8 Å². The molecule has 0 aromatic carbocycles. The molecule has 0 amide bonds. The average Bonchev–Trinajstić information content (AvgIpc) is 2.75. The first-order valence-corrected chi connectivity index (χ1v) is 7.60. The maximum atomic E-state index is 12.4. The zero-order chi connectivity index (χ0) is 16.9. The molecule has 0 atom stereocenters. The normalized spacial score (nSPS) is 20.3. The zero-order valence-corrected chi connectivity index (χ0v) is 14.8. The Morgan fingerprint density at radius 1 is 1.18 bits per heavy atom. The summed E-state index contributed by atoms with van der Waals surface area (Å²) in [5.41, 5.74) is 0.159. The second kappa shape index (κ2) is 5.13. The highest BCUT2D eigenvalue weighted by Crippen LogP contribution is 2.36. The van der Waals surface area contributed by atoms with E-state index >= 15 is 0 Å². The van der Waals surface area contributed by atoms with Gasteiger partial charge in [-0.2, -0.15) is 0 Å². The lowest BCUT2D eigenvalue weighted by atomic mass is 9.84. The van der Waals surface area contributed by atoms with E-state index in [1.54, 1.807) is 6.20 Å². The van der Waals surface area contributed by atoms with E-state index in [0.29, 0.717) is 5.59 Å². The number of aromatic nitrogens is 1. The first-order valence-electron chi connectivity index (χ1n) is 7.60. The first-order chi connectivity index (χ1) is 9.82. The minimum absolute atomic E-state index is 0.426. The number of aryl methyl sites for hydroxylation is 1. The summed E-state index contributed by atoms with van der Waals surface area (Å²) in [5, 5.41) is 0. The van der Waals surface area contributed by atoms with Crippen molar-refractivity contribution in [1.29, 1.82) is 0 Å². The average molecular weight is 307 g/mol. The molecule has 0 aliphatic carbocycles. The van der Waals surface area contributed by atoms with E-state index in [9.17, 15) is 4.79 Å². The summed E-state index contributed by atoms with van der Waals surface area (Å²) in [6.07, 6.45) is 1.32. The molecule has 0 unspecified atom stereocenters. The highest BCUT2D eigenvalue weighted by molar-refractivity contribution is 6.61. The van der Waals surface area contributed by atoms with Gasteiger partial charge in [0.05, 0.1) is 16.8 Å². The highest BCUT2D eigenvalue weighted by atomic mass is 16.7. The Labute approximate surface area is 133 Å². The Hall–Kier alpha value is -1.27. The molecule has 5 nitrogen and oxygen atoms in total. The molecule has 22 heavy (non-hydrogen) atoms. The fourth-order valence-electron chi connectivity index (χ4n) is 2.23. The van der Waals surface area contributed by atoms with E-state index in [1.807, 2.05) is 61.5 Å². The third-order valence-electron chi connectivity index (χ3n) is 4.07.